The maximum absolute atomic E-state index is 13.8. The molecule has 0 saturated carbocycles. The number of carbonyl (C=O) groups is 1. The lowest BCUT2D eigenvalue weighted by molar-refractivity contribution is -0.145. The fourth-order valence-corrected chi connectivity index (χ4v) is 4.76. The maximum Gasteiger partial charge on any atom is 0.307 e. The van der Waals surface area contributed by atoms with Gasteiger partial charge >= 0.3 is 5.97 Å². The monoisotopic (exact) mass is 411 g/mol. The molecule has 8 heteroatoms. The molecule has 0 N–H and O–H groups in total. The SMILES string of the molecule is N#Cc1ccc(F)c(COC(=O)CCn2cnc3sc4c(c3c2=O)CCCC4)c1. The molecule has 0 fully saturated rings. The molecule has 2 heterocycles. The molecule has 3 aromatic rings. The van der Waals surface area contributed by atoms with Gasteiger partial charge in [-0.1, -0.05) is 0 Å². The van der Waals surface area contributed by atoms with Crippen molar-refractivity contribution >= 4 is 27.5 Å². The van der Waals surface area contributed by atoms with Crippen molar-refractivity contribution in [1.82, 2.24) is 9.55 Å². The first-order valence-electron chi connectivity index (χ1n) is 9.40. The number of hydrogen-bond acceptors (Lipinski definition) is 6. The Labute approximate surface area is 170 Å². The topological polar surface area (TPSA) is 85.0 Å². The van der Waals surface area contributed by atoms with Crippen LogP contribution in [0.4, 0.5) is 4.39 Å². The number of ether oxygens (including phenoxy) is 1. The van der Waals surface area contributed by atoms with Gasteiger partial charge in [-0.25, -0.2) is 9.37 Å². The maximum atomic E-state index is 13.8. The molecule has 6 nitrogen and oxygen atoms in total. The Kier molecular flexibility index (Phi) is 5.41. The number of thiophene rings is 1. The molecule has 0 spiro atoms. The van der Waals surface area contributed by atoms with Gasteiger partial charge < -0.3 is 4.74 Å². The molecular weight excluding hydrogens is 393 g/mol. The van der Waals surface area contributed by atoms with Crippen LogP contribution in [0.5, 0.6) is 0 Å². The number of esters is 1. The molecule has 0 atom stereocenters. The van der Waals surface area contributed by atoms with Crippen LogP contribution >= 0.6 is 11.3 Å². The van der Waals surface area contributed by atoms with Gasteiger partial charge in [-0.3, -0.25) is 14.2 Å². The normalized spacial score (nSPS) is 13.1. The number of halogens is 1. The Morgan fingerprint density at radius 1 is 1.34 bits per heavy atom. The number of rotatable bonds is 5. The van der Waals surface area contributed by atoms with E-state index in [1.54, 1.807) is 11.3 Å². The van der Waals surface area contributed by atoms with Crippen LogP contribution in [-0.4, -0.2) is 15.5 Å². The lowest BCUT2D eigenvalue weighted by Gasteiger charge is -2.10. The predicted molar refractivity (Wildman–Crippen MR) is 106 cm³/mol. The number of hydrogen-bond donors (Lipinski definition) is 0. The average molecular weight is 411 g/mol. The summed E-state index contributed by atoms with van der Waals surface area (Å²) in [5, 5.41) is 9.56. The highest BCUT2D eigenvalue weighted by Crippen LogP contribution is 2.33. The third kappa shape index (κ3) is 3.91. The summed E-state index contributed by atoms with van der Waals surface area (Å²) in [4.78, 5) is 31.3. The summed E-state index contributed by atoms with van der Waals surface area (Å²) >= 11 is 1.58. The van der Waals surface area contributed by atoms with E-state index < -0.39 is 11.8 Å². The van der Waals surface area contributed by atoms with E-state index in [-0.39, 0.29) is 30.7 Å². The Bertz CT molecular complexity index is 1190. The van der Waals surface area contributed by atoms with E-state index in [4.69, 9.17) is 10.00 Å². The number of nitriles is 1. The van der Waals surface area contributed by atoms with Crippen molar-refractivity contribution in [3.63, 3.8) is 0 Å². The number of carbonyl (C=O) groups excluding carboxylic acids is 1. The molecule has 1 aliphatic rings. The number of nitrogens with zero attached hydrogens (tertiary/aromatic N) is 3. The molecule has 1 aliphatic carbocycles. The highest BCUT2D eigenvalue weighted by atomic mass is 32.1. The van der Waals surface area contributed by atoms with E-state index in [0.717, 1.165) is 36.1 Å². The number of aryl methyl sites for hydroxylation is 3. The fraction of sp³-hybridized carbons (Fsp3) is 0.333. The third-order valence-corrected chi connectivity index (χ3v) is 6.26. The van der Waals surface area contributed by atoms with Crippen molar-refractivity contribution in [3.05, 3.63) is 62.3 Å². The molecule has 148 valence electrons. The van der Waals surface area contributed by atoms with E-state index in [9.17, 15) is 14.0 Å². The second-order valence-electron chi connectivity index (χ2n) is 6.96. The zero-order chi connectivity index (χ0) is 20.4. The zero-order valence-electron chi connectivity index (χ0n) is 15.6. The summed E-state index contributed by atoms with van der Waals surface area (Å²) in [6.07, 6.45) is 5.53. The third-order valence-electron chi connectivity index (χ3n) is 5.06. The van der Waals surface area contributed by atoms with Gasteiger partial charge in [0.2, 0.25) is 0 Å². The molecule has 0 saturated heterocycles. The highest BCUT2D eigenvalue weighted by molar-refractivity contribution is 7.18. The van der Waals surface area contributed by atoms with Crippen LogP contribution in [0, 0.1) is 17.1 Å². The van der Waals surface area contributed by atoms with Crippen molar-refractivity contribution in [1.29, 1.82) is 5.26 Å². The van der Waals surface area contributed by atoms with Gasteiger partial charge in [-0.2, -0.15) is 5.26 Å². The number of fused-ring (bicyclic) bond motifs is 3. The minimum absolute atomic E-state index is 0.0288. The standard InChI is InChI=1S/C21H18FN3O3S/c22-16-6-5-13(10-23)9-14(16)11-28-18(26)7-8-25-12-24-20-19(21(25)27)15-3-1-2-4-17(15)29-20/h5-6,9,12H,1-4,7-8,11H2. The second-order valence-corrected chi connectivity index (χ2v) is 8.05. The summed E-state index contributed by atoms with van der Waals surface area (Å²) in [7, 11) is 0. The lowest BCUT2D eigenvalue weighted by atomic mass is 9.97. The van der Waals surface area contributed by atoms with E-state index in [1.165, 1.54) is 34.0 Å². The van der Waals surface area contributed by atoms with Gasteiger partial charge in [0.15, 0.2) is 0 Å². The Morgan fingerprint density at radius 3 is 3.00 bits per heavy atom. The number of aromatic nitrogens is 2. The van der Waals surface area contributed by atoms with Crippen molar-refractivity contribution in [2.24, 2.45) is 0 Å². The van der Waals surface area contributed by atoms with E-state index >= 15 is 0 Å². The molecule has 1 aromatic carbocycles. The Balaban J connectivity index is 1.43. The zero-order valence-corrected chi connectivity index (χ0v) is 16.4. The summed E-state index contributed by atoms with van der Waals surface area (Å²) < 4.78 is 20.3. The molecule has 0 bridgehead atoms. The van der Waals surface area contributed by atoms with E-state index in [0.29, 0.717) is 10.9 Å². The molecule has 0 amide bonds. The Morgan fingerprint density at radius 2 is 2.17 bits per heavy atom. The summed E-state index contributed by atoms with van der Waals surface area (Å²) in [5.74, 6) is -1.09. The fourth-order valence-electron chi connectivity index (χ4n) is 3.54. The van der Waals surface area contributed by atoms with Crippen LogP contribution in [0.2, 0.25) is 0 Å². The lowest BCUT2D eigenvalue weighted by Crippen LogP contribution is -2.23. The van der Waals surface area contributed by atoms with Crippen LogP contribution in [0.3, 0.4) is 0 Å². The van der Waals surface area contributed by atoms with E-state index in [1.807, 2.05) is 6.07 Å². The van der Waals surface area contributed by atoms with Crippen molar-refractivity contribution in [3.8, 4) is 6.07 Å². The minimum Gasteiger partial charge on any atom is -0.461 e. The first-order valence-corrected chi connectivity index (χ1v) is 10.2. The summed E-state index contributed by atoms with van der Waals surface area (Å²) in [5.41, 5.74) is 1.42. The van der Waals surface area contributed by atoms with Crippen LogP contribution in [0.1, 0.15) is 40.8 Å². The van der Waals surface area contributed by atoms with Crippen LogP contribution in [-0.2, 0) is 35.5 Å². The molecule has 0 radical (unpaired) electrons. The van der Waals surface area contributed by atoms with Crippen molar-refractivity contribution in [2.75, 3.05) is 0 Å². The molecule has 0 unspecified atom stereocenters. The first kappa shape index (κ1) is 19.3. The molecule has 2 aromatic heterocycles. The largest absolute Gasteiger partial charge is 0.461 e. The van der Waals surface area contributed by atoms with Crippen LogP contribution in [0.25, 0.3) is 10.2 Å². The molecular formula is C21H18FN3O3S. The van der Waals surface area contributed by atoms with Gasteiger partial charge in [-0.05, 0) is 49.4 Å². The van der Waals surface area contributed by atoms with Crippen molar-refractivity contribution in [2.45, 2.75) is 45.3 Å². The highest BCUT2D eigenvalue weighted by Gasteiger charge is 2.20. The Hall–Kier alpha value is -3.05. The van der Waals surface area contributed by atoms with Gasteiger partial charge in [-0.15, -0.1) is 11.3 Å². The van der Waals surface area contributed by atoms with Gasteiger partial charge in [0.05, 0.1) is 29.8 Å². The predicted octanol–water partition coefficient (Wildman–Crippen LogP) is 3.48. The first-order chi connectivity index (χ1) is 14.1. The minimum atomic E-state index is -0.550. The average Bonchev–Trinajstić information content (AvgIpc) is 3.12. The van der Waals surface area contributed by atoms with Crippen molar-refractivity contribution < 1.29 is 13.9 Å². The number of benzene rings is 1. The summed E-state index contributed by atoms with van der Waals surface area (Å²) in [6, 6.07) is 5.80. The van der Waals surface area contributed by atoms with Crippen LogP contribution in [0.15, 0.2) is 29.3 Å². The molecule has 29 heavy (non-hydrogen) atoms. The van der Waals surface area contributed by atoms with Gasteiger partial charge in [0.1, 0.15) is 17.3 Å². The summed E-state index contributed by atoms with van der Waals surface area (Å²) in [6.45, 7) is -0.115. The molecule has 0 aliphatic heterocycles. The quantitative estimate of drug-likeness (QED) is 0.600. The van der Waals surface area contributed by atoms with Gasteiger partial charge in [0, 0.05) is 17.0 Å². The van der Waals surface area contributed by atoms with Gasteiger partial charge in [0.25, 0.3) is 5.56 Å². The molecule has 4 rings (SSSR count). The second kappa shape index (κ2) is 8.13. The smallest absolute Gasteiger partial charge is 0.307 e. The van der Waals surface area contributed by atoms with Crippen LogP contribution < -0.4 is 5.56 Å². The van der Waals surface area contributed by atoms with E-state index in [2.05, 4.69) is 4.98 Å².